The molecule has 10 heteroatoms. The molecule has 9 nitrogen and oxygen atoms in total. The summed E-state index contributed by atoms with van der Waals surface area (Å²) in [4.78, 5) is 37.9. The van der Waals surface area contributed by atoms with Gasteiger partial charge in [-0.05, 0) is 89.5 Å². The van der Waals surface area contributed by atoms with Crippen LogP contribution in [0.2, 0.25) is 0 Å². The van der Waals surface area contributed by atoms with Crippen molar-refractivity contribution >= 4 is 19.7 Å². The van der Waals surface area contributed by atoms with Crippen LogP contribution in [0.1, 0.15) is 355 Å². The Morgan fingerprint density at radius 2 is 0.735 bits per heavy atom. The number of phosphoric ester groups is 1. The maximum absolute atomic E-state index is 13.6. The number of phosphoric acid groups is 1. The van der Waals surface area contributed by atoms with E-state index in [0.717, 1.165) is 64.2 Å². The van der Waals surface area contributed by atoms with E-state index in [1.54, 1.807) is 0 Å². The molecule has 0 saturated carbocycles. The summed E-state index contributed by atoms with van der Waals surface area (Å²) >= 11 is 0. The summed E-state index contributed by atoms with van der Waals surface area (Å²) in [6, 6.07) is -0.850. The molecule has 0 spiro atoms. The van der Waals surface area contributed by atoms with Crippen molar-refractivity contribution < 1.29 is 37.3 Å². The van der Waals surface area contributed by atoms with Crippen molar-refractivity contribution in [2.75, 3.05) is 40.9 Å². The van der Waals surface area contributed by atoms with E-state index < -0.39 is 20.0 Å². The molecule has 83 heavy (non-hydrogen) atoms. The number of amides is 1. The van der Waals surface area contributed by atoms with Gasteiger partial charge in [-0.25, -0.2) is 4.57 Å². The number of quaternary nitrogens is 1. The number of esters is 1. The zero-order valence-electron chi connectivity index (χ0n) is 56.0. The molecule has 0 radical (unpaired) electrons. The van der Waals surface area contributed by atoms with Crippen LogP contribution in [-0.4, -0.2) is 74.3 Å². The van der Waals surface area contributed by atoms with Crippen molar-refractivity contribution in [3.63, 3.8) is 0 Å². The van der Waals surface area contributed by atoms with Gasteiger partial charge in [0.15, 0.2) is 0 Å². The Kier molecular flexibility index (Phi) is 61.5. The molecular weight excluding hydrogens is 1050 g/mol. The SMILES string of the molecule is CCCCC/C=C\C/C=C\CCCCCCCCCCCC(=O)NC(COP(=O)(O)OCC[N+](C)(C)C)C(/C=C\CCCCCCCCCCCCC)OC(=O)CCCCCCCCCCCCCCCCC/C=C/CCCCCCCC. The number of hydrogen-bond donors (Lipinski definition) is 2. The first-order valence-corrected chi connectivity index (χ1v) is 37.5. The molecule has 0 heterocycles. The van der Waals surface area contributed by atoms with E-state index in [0.29, 0.717) is 23.9 Å². The van der Waals surface area contributed by atoms with E-state index >= 15 is 0 Å². The Morgan fingerprint density at radius 1 is 0.422 bits per heavy atom. The van der Waals surface area contributed by atoms with Gasteiger partial charge in [-0.15, -0.1) is 0 Å². The summed E-state index contributed by atoms with van der Waals surface area (Å²) in [5.41, 5.74) is 0. The van der Waals surface area contributed by atoms with E-state index in [9.17, 15) is 19.0 Å². The molecule has 2 N–H and O–H groups in total. The highest BCUT2D eigenvalue weighted by atomic mass is 31.2. The average molecular weight is 1190 g/mol. The lowest BCUT2D eigenvalue weighted by Crippen LogP contribution is -2.47. The fourth-order valence-corrected chi connectivity index (χ4v) is 11.4. The second kappa shape index (κ2) is 63.0. The smallest absolute Gasteiger partial charge is 0.456 e. The Balaban J connectivity index is 5.07. The molecule has 0 saturated heterocycles. The number of nitrogens with zero attached hydrogens (tertiary/aromatic N) is 1. The predicted molar refractivity (Wildman–Crippen MR) is 360 cm³/mol. The minimum Gasteiger partial charge on any atom is -0.456 e. The van der Waals surface area contributed by atoms with Gasteiger partial charge in [0.05, 0.1) is 33.8 Å². The van der Waals surface area contributed by atoms with Crippen molar-refractivity contribution in [1.29, 1.82) is 0 Å². The largest absolute Gasteiger partial charge is 0.472 e. The highest BCUT2D eigenvalue weighted by Crippen LogP contribution is 2.43. The molecule has 0 aromatic heterocycles. The molecule has 0 aliphatic carbocycles. The molecular formula is C73H140N2O7P+. The summed E-state index contributed by atoms with van der Waals surface area (Å²) in [5, 5.41) is 3.07. The third-order valence-electron chi connectivity index (χ3n) is 16.2. The monoisotopic (exact) mass is 1190 g/mol. The van der Waals surface area contributed by atoms with Crippen LogP contribution in [-0.2, 0) is 27.9 Å². The minimum absolute atomic E-state index is 0.0407. The Bertz CT molecular complexity index is 1560. The van der Waals surface area contributed by atoms with E-state index in [1.807, 2.05) is 33.3 Å². The standard InChI is InChI=1S/C73H139N2O7P/c1-7-10-13-16-19-22-25-28-30-32-34-35-36-37-38-39-41-43-45-48-51-54-57-60-63-66-73(77)82-71(64-61-58-55-52-49-46-27-24-21-18-15-12-9-3)70(69-81-83(78,79)80-68-67-75(4,5)6)74-72(76)65-62-59-56-53-50-47-44-42-40-33-31-29-26-23-20-17-14-11-8-2/h20,23,28-31,61,64,70-71H,7-19,21-22,24-27,32-60,62-63,65-69H2,1-6H3,(H-,74,76,78,79)/p+1/b23-20-,30-28+,31-29-,64-61-. The van der Waals surface area contributed by atoms with Crippen LogP contribution in [0.25, 0.3) is 0 Å². The third-order valence-corrected chi connectivity index (χ3v) is 17.2. The number of ether oxygens (including phenoxy) is 1. The molecule has 3 unspecified atom stereocenters. The molecule has 1 amide bonds. The third kappa shape index (κ3) is 64.3. The molecule has 0 aliphatic heterocycles. The van der Waals surface area contributed by atoms with Crippen LogP contribution in [0.15, 0.2) is 48.6 Å². The lowest BCUT2D eigenvalue weighted by Gasteiger charge is -2.27. The van der Waals surface area contributed by atoms with E-state index in [4.69, 9.17) is 13.8 Å². The topological polar surface area (TPSA) is 111 Å². The van der Waals surface area contributed by atoms with Crippen LogP contribution in [0, 0.1) is 0 Å². The lowest BCUT2D eigenvalue weighted by atomic mass is 10.0. The van der Waals surface area contributed by atoms with Gasteiger partial charge in [0.2, 0.25) is 5.91 Å². The van der Waals surface area contributed by atoms with Gasteiger partial charge >= 0.3 is 13.8 Å². The van der Waals surface area contributed by atoms with Gasteiger partial charge in [0.1, 0.15) is 19.3 Å². The molecule has 3 atom stereocenters. The van der Waals surface area contributed by atoms with Crippen molar-refractivity contribution in [2.45, 2.75) is 367 Å². The Hall–Kier alpha value is -2.03. The minimum atomic E-state index is -4.45. The van der Waals surface area contributed by atoms with Crippen molar-refractivity contribution in [1.82, 2.24) is 5.32 Å². The van der Waals surface area contributed by atoms with Crippen LogP contribution < -0.4 is 5.32 Å². The Labute approximate surface area is 516 Å². The summed E-state index contributed by atoms with van der Waals surface area (Å²) in [6.45, 7) is 7.03. The van der Waals surface area contributed by atoms with E-state index in [2.05, 4.69) is 62.5 Å². The molecule has 0 aromatic carbocycles. The van der Waals surface area contributed by atoms with Crippen molar-refractivity contribution in [3.05, 3.63) is 48.6 Å². The second-order valence-corrected chi connectivity index (χ2v) is 27.2. The molecule has 488 valence electrons. The van der Waals surface area contributed by atoms with E-state index in [1.165, 1.54) is 257 Å². The number of nitrogens with one attached hydrogen (secondary N) is 1. The summed E-state index contributed by atoms with van der Waals surface area (Å²) in [7, 11) is 1.51. The van der Waals surface area contributed by atoms with Gasteiger partial charge in [-0.2, -0.15) is 0 Å². The zero-order valence-corrected chi connectivity index (χ0v) is 56.8. The first kappa shape index (κ1) is 81.0. The quantitative estimate of drug-likeness (QED) is 0.0205. The number of carbonyl (C=O) groups excluding carboxylic acids is 2. The van der Waals surface area contributed by atoms with Gasteiger partial charge in [0, 0.05) is 12.8 Å². The Morgan fingerprint density at radius 3 is 1.12 bits per heavy atom. The lowest BCUT2D eigenvalue weighted by molar-refractivity contribution is -0.870. The van der Waals surface area contributed by atoms with Crippen LogP contribution in [0.4, 0.5) is 0 Å². The average Bonchev–Trinajstić information content (AvgIpc) is 3.47. The molecule has 0 fully saturated rings. The summed E-state index contributed by atoms with van der Waals surface area (Å²) < 4.78 is 30.9. The maximum atomic E-state index is 13.6. The summed E-state index contributed by atoms with van der Waals surface area (Å²) in [5.74, 6) is -0.493. The first-order valence-electron chi connectivity index (χ1n) is 36.0. The molecule has 0 aliphatic rings. The van der Waals surface area contributed by atoms with Gasteiger partial charge in [0.25, 0.3) is 0 Å². The highest BCUT2D eigenvalue weighted by Gasteiger charge is 2.30. The fraction of sp³-hybridized carbons (Fsp3) is 0.863. The molecule has 0 bridgehead atoms. The normalized spacial score (nSPS) is 13.8. The predicted octanol–water partition coefficient (Wildman–Crippen LogP) is 22.8. The fourth-order valence-electron chi connectivity index (χ4n) is 10.7. The van der Waals surface area contributed by atoms with Crippen LogP contribution in [0.3, 0.4) is 0 Å². The van der Waals surface area contributed by atoms with E-state index in [-0.39, 0.29) is 25.1 Å². The van der Waals surface area contributed by atoms with Gasteiger partial charge in [-0.3, -0.25) is 18.6 Å². The zero-order chi connectivity index (χ0) is 60.7. The summed E-state index contributed by atoms with van der Waals surface area (Å²) in [6.07, 6.45) is 79.8. The number of likely N-dealkylation sites (N-methyl/N-ethyl adjacent to an activating group) is 1. The first-order chi connectivity index (χ1) is 40.4. The number of hydrogen-bond acceptors (Lipinski definition) is 6. The molecule has 0 rings (SSSR count). The highest BCUT2D eigenvalue weighted by molar-refractivity contribution is 7.47. The van der Waals surface area contributed by atoms with Gasteiger partial charge < -0.3 is 19.4 Å². The number of unbranched alkanes of at least 4 members (excludes halogenated alkanes) is 44. The number of rotatable bonds is 66. The maximum Gasteiger partial charge on any atom is 0.472 e. The van der Waals surface area contributed by atoms with Crippen LogP contribution in [0.5, 0.6) is 0 Å². The van der Waals surface area contributed by atoms with Crippen molar-refractivity contribution in [2.24, 2.45) is 0 Å². The number of allylic oxidation sites excluding steroid dienone is 7. The van der Waals surface area contributed by atoms with Gasteiger partial charge in [-0.1, -0.05) is 301 Å². The number of carbonyl (C=O) groups is 2. The second-order valence-electron chi connectivity index (χ2n) is 25.8. The molecule has 0 aromatic rings. The van der Waals surface area contributed by atoms with Crippen LogP contribution >= 0.6 is 7.82 Å². The van der Waals surface area contributed by atoms with Crippen molar-refractivity contribution in [3.8, 4) is 0 Å².